The third-order valence-corrected chi connectivity index (χ3v) is 10.7. The van der Waals surface area contributed by atoms with Crippen molar-refractivity contribution in [3.63, 3.8) is 0 Å². The lowest BCUT2D eigenvalue weighted by Crippen LogP contribution is -2.21. The van der Waals surface area contributed by atoms with Crippen LogP contribution in [0.2, 0.25) is 5.02 Å². The minimum absolute atomic E-state index is 0.247. The number of ether oxygens (including phenoxy) is 1. The predicted octanol–water partition coefficient (Wildman–Crippen LogP) is 9.68. The van der Waals surface area contributed by atoms with Crippen LogP contribution in [0.5, 0.6) is 0 Å². The van der Waals surface area contributed by atoms with Crippen LogP contribution in [0.25, 0.3) is 10.9 Å². The molecule has 2 bridgehead atoms. The van der Waals surface area contributed by atoms with Gasteiger partial charge in [-0.1, -0.05) is 29.8 Å². The van der Waals surface area contributed by atoms with Gasteiger partial charge in [-0.2, -0.15) is 0 Å². The van der Waals surface area contributed by atoms with Gasteiger partial charge in [-0.3, -0.25) is 4.99 Å². The Bertz CT molecular complexity index is 1560. The number of aryl methyl sites for hydroxylation is 1. The number of halogens is 1. The van der Waals surface area contributed by atoms with Crippen LogP contribution >= 0.6 is 11.6 Å². The van der Waals surface area contributed by atoms with E-state index >= 15 is 0 Å². The third kappa shape index (κ3) is 6.40. The zero-order chi connectivity index (χ0) is 29.3. The molecule has 0 amide bonds. The van der Waals surface area contributed by atoms with Gasteiger partial charge in [0.1, 0.15) is 5.84 Å². The highest BCUT2D eigenvalue weighted by Gasteiger charge is 2.34. The van der Waals surface area contributed by atoms with E-state index in [2.05, 4.69) is 55.4 Å². The molecule has 5 unspecified atom stereocenters. The number of amidine groups is 1. The van der Waals surface area contributed by atoms with Gasteiger partial charge in [0.25, 0.3) is 0 Å². The van der Waals surface area contributed by atoms with Crippen molar-refractivity contribution < 1.29 is 4.74 Å². The summed E-state index contributed by atoms with van der Waals surface area (Å²) in [4.78, 5) is 19.3. The van der Waals surface area contributed by atoms with Crippen molar-refractivity contribution >= 4 is 40.3 Å². The highest BCUT2D eigenvalue weighted by molar-refractivity contribution is 6.31. The molecule has 0 spiro atoms. The normalized spacial score (nSPS) is 31.4. The third-order valence-electron chi connectivity index (χ3n) is 10.4. The van der Waals surface area contributed by atoms with Crippen LogP contribution in [0.1, 0.15) is 102 Å². The van der Waals surface area contributed by atoms with Gasteiger partial charge in [-0.25, -0.2) is 9.98 Å². The molecule has 5 atom stereocenters. The van der Waals surface area contributed by atoms with E-state index < -0.39 is 0 Å². The summed E-state index contributed by atoms with van der Waals surface area (Å²) in [5.74, 6) is 2.83. The Morgan fingerprint density at radius 1 is 0.884 bits per heavy atom. The highest BCUT2D eigenvalue weighted by Crippen LogP contribution is 2.42. The first kappa shape index (κ1) is 29.0. The van der Waals surface area contributed by atoms with Crippen LogP contribution in [-0.2, 0) is 11.2 Å². The maximum absolute atomic E-state index is 6.55. The molecule has 1 saturated heterocycles. The number of hydrogen-bond acceptors (Lipinski definition) is 4. The summed E-state index contributed by atoms with van der Waals surface area (Å²) in [5, 5.41) is 2.04. The Hall–Kier alpha value is -2.76. The second kappa shape index (κ2) is 12.7. The van der Waals surface area contributed by atoms with Crippen LogP contribution in [-0.4, -0.2) is 35.5 Å². The summed E-state index contributed by atoms with van der Waals surface area (Å²) in [6.07, 6.45) is 22.8. The number of H-pyrrole nitrogens is 1. The van der Waals surface area contributed by atoms with E-state index in [1.165, 1.54) is 58.4 Å². The minimum Gasteiger partial charge on any atom is -0.378 e. The van der Waals surface area contributed by atoms with E-state index in [4.69, 9.17) is 31.3 Å². The predicted molar refractivity (Wildman–Crippen MR) is 180 cm³/mol. The van der Waals surface area contributed by atoms with Crippen LogP contribution in [0.15, 0.2) is 68.4 Å². The highest BCUT2D eigenvalue weighted by atomic mass is 35.5. The summed E-state index contributed by atoms with van der Waals surface area (Å²) in [6, 6.07) is 6.28. The SMILES string of the molecule is CC1=CCCC(C)=NC(C2CCc3c([nH]c4ccc(Cl)cc34)C(C3=CCC/C=C(\C4CCC5COC(C5)C4)N=C3)CC2)=N1. The van der Waals surface area contributed by atoms with Gasteiger partial charge in [0.15, 0.2) is 0 Å². The van der Waals surface area contributed by atoms with E-state index in [-0.39, 0.29) is 5.92 Å². The Labute approximate surface area is 261 Å². The van der Waals surface area contributed by atoms with Gasteiger partial charge in [0, 0.05) is 69.3 Å². The van der Waals surface area contributed by atoms with E-state index in [0.29, 0.717) is 17.9 Å². The molecule has 1 N–H and O–H groups in total. The molecule has 1 saturated carbocycles. The van der Waals surface area contributed by atoms with E-state index in [0.717, 1.165) is 86.9 Å². The van der Waals surface area contributed by atoms with Gasteiger partial charge in [-0.15, -0.1) is 0 Å². The van der Waals surface area contributed by atoms with E-state index in [9.17, 15) is 0 Å². The fourth-order valence-corrected chi connectivity index (χ4v) is 8.25. The maximum atomic E-state index is 6.55. The van der Waals surface area contributed by atoms with Crippen molar-refractivity contribution in [2.24, 2.45) is 32.7 Å². The molecule has 7 rings (SSSR count). The largest absolute Gasteiger partial charge is 0.378 e. The lowest BCUT2D eigenvalue weighted by molar-refractivity contribution is 0.0811. The maximum Gasteiger partial charge on any atom is 0.131 e. The molecular weight excluding hydrogens is 552 g/mol. The second-order valence-corrected chi connectivity index (χ2v) is 13.9. The molecule has 3 aliphatic heterocycles. The molecular formula is C37H45ClN4O. The van der Waals surface area contributed by atoms with Crippen molar-refractivity contribution in [1.82, 2.24) is 4.98 Å². The average molecular weight is 597 g/mol. The Morgan fingerprint density at radius 3 is 2.70 bits per heavy atom. The van der Waals surface area contributed by atoms with Crippen molar-refractivity contribution in [1.29, 1.82) is 0 Å². The Morgan fingerprint density at radius 2 is 1.77 bits per heavy atom. The monoisotopic (exact) mass is 596 g/mol. The number of aliphatic imine (C=N–C) groups is 3. The topological polar surface area (TPSA) is 62.1 Å². The average Bonchev–Trinajstić information content (AvgIpc) is 3.47. The quantitative estimate of drug-likeness (QED) is 0.376. The molecule has 226 valence electrons. The molecule has 1 aromatic carbocycles. The zero-order valence-electron chi connectivity index (χ0n) is 25.7. The summed E-state index contributed by atoms with van der Waals surface area (Å²) < 4.78 is 6.11. The number of fused-ring (bicyclic) bond motifs is 5. The summed E-state index contributed by atoms with van der Waals surface area (Å²) >= 11 is 6.55. The molecule has 6 heteroatoms. The molecule has 5 aliphatic rings. The number of benzene rings is 1. The molecule has 1 aromatic heterocycles. The van der Waals surface area contributed by atoms with Crippen LogP contribution in [0.4, 0.5) is 0 Å². The van der Waals surface area contributed by atoms with Crippen molar-refractivity contribution in [2.45, 2.75) is 103 Å². The first-order chi connectivity index (χ1) is 21.0. The molecule has 2 aromatic rings. The van der Waals surface area contributed by atoms with Crippen molar-refractivity contribution in [3.8, 4) is 0 Å². The van der Waals surface area contributed by atoms with Gasteiger partial charge in [-0.05, 0) is 126 Å². The molecule has 4 heterocycles. The van der Waals surface area contributed by atoms with Crippen LogP contribution in [0.3, 0.4) is 0 Å². The summed E-state index contributed by atoms with van der Waals surface area (Å²) in [7, 11) is 0. The molecule has 5 nitrogen and oxygen atoms in total. The lowest BCUT2D eigenvalue weighted by Gasteiger charge is -2.27. The fourth-order valence-electron chi connectivity index (χ4n) is 8.08. The van der Waals surface area contributed by atoms with Gasteiger partial charge in [0.05, 0.1) is 6.10 Å². The molecule has 2 fully saturated rings. The smallest absolute Gasteiger partial charge is 0.131 e. The van der Waals surface area contributed by atoms with E-state index in [1.807, 2.05) is 6.07 Å². The summed E-state index contributed by atoms with van der Waals surface area (Å²) in [5.41, 5.74) is 8.82. The Balaban J connectivity index is 1.23. The number of allylic oxidation sites excluding steroid dienone is 6. The zero-order valence-corrected chi connectivity index (χ0v) is 26.5. The lowest BCUT2D eigenvalue weighted by atomic mass is 9.80. The minimum atomic E-state index is 0.247. The first-order valence-electron chi connectivity index (χ1n) is 16.7. The number of aromatic amines is 1. The van der Waals surface area contributed by atoms with Crippen LogP contribution in [0, 0.1) is 17.8 Å². The number of rotatable bonds is 3. The van der Waals surface area contributed by atoms with Gasteiger partial charge >= 0.3 is 0 Å². The standard InChI is InChI=1S/C37H45ClN4O/c1-23-6-5-7-24(2)41-37(40-23)26-12-15-31(36-32(16-13-26)33-20-29(38)14-17-35(33)42-36)28-8-3-4-9-34(39-21-28)27-11-10-25-18-30(19-27)43-22-25/h6,8-9,14,17,20-21,25-27,30-31,42H,3-5,7,10-13,15-16,18-19,22H2,1-2H3/b23-6?,28-8?,34-9+,39-21?,40-37?,41-24?. The Kier molecular flexibility index (Phi) is 8.55. The first-order valence-corrected chi connectivity index (χ1v) is 17.0. The molecule has 0 radical (unpaired) electrons. The number of aromatic nitrogens is 1. The second-order valence-electron chi connectivity index (χ2n) is 13.5. The van der Waals surface area contributed by atoms with E-state index in [1.54, 1.807) is 0 Å². The number of nitrogens with zero attached hydrogens (tertiary/aromatic N) is 3. The number of nitrogens with one attached hydrogen (secondary N) is 1. The van der Waals surface area contributed by atoms with Gasteiger partial charge < -0.3 is 9.72 Å². The number of hydrogen-bond donors (Lipinski definition) is 1. The molecule has 2 aliphatic carbocycles. The summed E-state index contributed by atoms with van der Waals surface area (Å²) in [6.45, 7) is 5.23. The molecule has 43 heavy (non-hydrogen) atoms. The van der Waals surface area contributed by atoms with Crippen LogP contribution < -0.4 is 0 Å². The van der Waals surface area contributed by atoms with Gasteiger partial charge in [0.2, 0.25) is 0 Å². The van der Waals surface area contributed by atoms with Crippen molar-refractivity contribution in [2.75, 3.05) is 6.61 Å². The fraction of sp³-hybridized carbons (Fsp3) is 0.541. The van der Waals surface area contributed by atoms with Crippen molar-refractivity contribution in [3.05, 3.63) is 69.7 Å².